The maximum atomic E-state index is 12.4. The number of methoxy groups -OCH3 is 1. The molecule has 1 aliphatic heterocycles. The molecule has 168 valence electrons. The summed E-state index contributed by atoms with van der Waals surface area (Å²) in [5.41, 5.74) is 2.90. The molecule has 1 aromatic carbocycles. The van der Waals surface area contributed by atoms with Crippen molar-refractivity contribution in [3.63, 3.8) is 0 Å². The maximum absolute atomic E-state index is 12.4. The first kappa shape index (κ1) is 22.0. The fourth-order valence-electron chi connectivity index (χ4n) is 3.89. The third-order valence-corrected chi connectivity index (χ3v) is 5.74. The number of carbonyl (C=O) groups excluding carboxylic acids is 1. The number of nitrogens with zero attached hydrogens (tertiary/aromatic N) is 4. The Balaban J connectivity index is 1.43. The van der Waals surface area contributed by atoms with Crippen molar-refractivity contribution >= 4 is 11.7 Å². The molecule has 0 bridgehead atoms. The highest BCUT2D eigenvalue weighted by atomic mass is 16.5. The van der Waals surface area contributed by atoms with E-state index in [4.69, 9.17) is 9.26 Å². The molecule has 0 spiro atoms. The molecule has 1 fully saturated rings. The molecule has 1 aliphatic rings. The second-order valence-corrected chi connectivity index (χ2v) is 8.06. The molecule has 1 saturated heterocycles. The third kappa shape index (κ3) is 5.13. The lowest BCUT2D eigenvalue weighted by Gasteiger charge is -2.32. The van der Waals surface area contributed by atoms with Crippen LogP contribution in [0.15, 0.2) is 47.1 Å². The second kappa shape index (κ2) is 10.4. The molecule has 8 nitrogen and oxygen atoms in total. The third-order valence-electron chi connectivity index (χ3n) is 5.74. The van der Waals surface area contributed by atoms with Gasteiger partial charge in [-0.3, -0.25) is 4.79 Å². The highest BCUT2D eigenvalue weighted by Gasteiger charge is 2.27. The van der Waals surface area contributed by atoms with Crippen LogP contribution < -0.4 is 10.2 Å². The Morgan fingerprint density at radius 3 is 2.75 bits per heavy atom. The normalized spacial score (nSPS) is 14.5. The van der Waals surface area contributed by atoms with Crippen LogP contribution in [-0.4, -0.2) is 54.4 Å². The van der Waals surface area contributed by atoms with Gasteiger partial charge in [0.05, 0.1) is 5.56 Å². The molecular formula is C24H29N5O3. The standard InChI is InChI=1S/C24H29N5O3/c1-17-6-8-18(9-7-17)21-27-24(32-28-21)20-5-3-12-25-22(20)29-14-10-19(11-15-29)23(30)26-13-4-16-31-2/h3,5-9,12,19H,4,10-11,13-16H2,1-2H3,(H,26,30). The average molecular weight is 436 g/mol. The molecule has 0 unspecified atom stereocenters. The predicted molar refractivity (Wildman–Crippen MR) is 122 cm³/mol. The largest absolute Gasteiger partial charge is 0.385 e. The monoisotopic (exact) mass is 435 g/mol. The Bertz CT molecular complexity index is 1030. The highest BCUT2D eigenvalue weighted by molar-refractivity contribution is 5.79. The number of hydrogen-bond acceptors (Lipinski definition) is 7. The van der Waals surface area contributed by atoms with Gasteiger partial charge in [-0.15, -0.1) is 0 Å². The van der Waals surface area contributed by atoms with Crippen molar-refractivity contribution < 1.29 is 14.1 Å². The number of benzene rings is 1. The Morgan fingerprint density at radius 1 is 1.22 bits per heavy atom. The van der Waals surface area contributed by atoms with Crippen molar-refractivity contribution in [2.75, 3.05) is 38.3 Å². The van der Waals surface area contributed by atoms with E-state index in [1.54, 1.807) is 13.3 Å². The van der Waals surface area contributed by atoms with Gasteiger partial charge in [0.2, 0.25) is 11.7 Å². The number of ether oxygens (including phenoxy) is 1. The van der Waals surface area contributed by atoms with Crippen LogP contribution in [0.4, 0.5) is 5.82 Å². The van der Waals surface area contributed by atoms with E-state index < -0.39 is 0 Å². The van der Waals surface area contributed by atoms with Crippen molar-refractivity contribution in [2.45, 2.75) is 26.2 Å². The van der Waals surface area contributed by atoms with E-state index >= 15 is 0 Å². The quantitative estimate of drug-likeness (QED) is 0.542. The Kier molecular flexibility index (Phi) is 7.11. The topological polar surface area (TPSA) is 93.4 Å². The molecule has 3 aromatic rings. The summed E-state index contributed by atoms with van der Waals surface area (Å²) in [7, 11) is 1.67. The minimum absolute atomic E-state index is 0.0255. The minimum atomic E-state index is 0.0255. The highest BCUT2D eigenvalue weighted by Crippen LogP contribution is 2.31. The molecule has 32 heavy (non-hydrogen) atoms. The number of nitrogens with one attached hydrogen (secondary N) is 1. The van der Waals surface area contributed by atoms with Crippen LogP contribution in [-0.2, 0) is 9.53 Å². The average Bonchev–Trinajstić information content (AvgIpc) is 3.32. The first-order chi connectivity index (χ1) is 15.7. The summed E-state index contributed by atoms with van der Waals surface area (Å²) in [6, 6.07) is 11.8. The molecule has 8 heteroatoms. The number of amides is 1. The molecule has 1 amide bonds. The van der Waals surface area contributed by atoms with Gasteiger partial charge in [0.25, 0.3) is 5.89 Å². The van der Waals surface area contributed by atoms with Crippen molar-refractivity contribution in [1.82, 2.24) is 20.4 Å². The van der Waals surface area contributed by atoms with Crippen LogP contribution in [0.25, 0.3) is 22.8 Å². The van der Waals surface area contributed by atoms with E-state index in [0.717, 1.165) is 49.3 Å². The summed E-state index contributed by atoms with van der Waals surface area (Å²) in [6.07, 6.45) is 4.16. The van der Waals surface area contributed by atoms with Crippen molar-refractivity contribution in [3.8, 4) is 22.8 Å². The second-order valence-electron chi connectivity index (χ2n) is 8.06. The van der Waals surface area contributed by atoms with E-state index in [2.05, 4.69) is 25.3 Å². The molecule has 2 aromatic heterocycles. The molecule has 0 atom stereocenters. The van der Waals surface area contributed by atoms with E-state index in [0.29, 0.717) is 24.9 Å². The summed E-state index contributed by atoms with van der Waals surface area (Å²) >= 11 is 0. The maximum Gasteiger partial charge on any atom is 0.261 e. The predicted octanol–water partition coefficient (Wildman–Crippen LogP) is 3.48. The van der Waals surface area contributed by atoms with Crippen molar-refractivity contribution in [3.05, 3.63) is 48.2 Å². The summed E-state index contributed by atoms with van der Waals surface area (Å²) in [4.78, 5) is 23.8. The molecule has 0 radical (unpaired) electrons. The molecule has 0 saturated carbocycles. The van der Waals surface area contributed by atoms with Crippen LogP contribution in [0.3, 0.4) is 0 Å². The number of aryl methyl sites for hydroxylation is 1. The van der Waals surface area contributed by atoms with Gasteiger partial charge >= 0.3 is 0 Å². The van der Waals surface area contributed by atoms with Gasteiger partial charge in [0.1, 0.15) is 5.82 Å². The van der Waals surface area contributed by atoms with E-state index in [-0.39, 0.29) is 11.8 Å². The lowest BCUT2D eigenvalue weighted by atomic mass is 9.95. The van der Waals surface area contributed by atoms with Crippen molar-refractivity contribution in [1.29, 1.82) is 0 Å². The Labute approximate surface area is 188 Å². The zero-order valence-electron chi connectivity index (χ0n) is 18.6. The SMILES string of the molecule is COCCCNC(=O)C1CCN(c2ncccc2-c2nc(-c3ccc(C)cc3)no2)CC1. The lowest BCUT2D eigenvalue weighted by molar-refractivity contribution is -0.125. The fourth-order valence-corrected chi connectivity index (χ4v) is 3.89. The molecule has 3 heterocycles. The van der Waals surface area contributed by atoms with E-state index in [1.165, 1.54) is 5.56 Å². The van der Waals surface area contributed by atoms with Crippen LogP contribution >= 0.6 is 0 Å². The number of piperidine rings is 1. The summed E-state index contributed by atoms with van der Waals surface area (Å²) in [5.74, 6) is 1.96. The smallest absolute Gasteiger partial charge is 0.261 e. The number of aromatic nitrogens is 3. The van der Waals surface area contributed by atoms with Gasteiger partial charge in [-0.1, -0.05) is 35.0 Å². The molecular weight excluding hydrogens is 406 g/mol. The number of pyridine rings is 1. The molecule has 0 aliphatic carbocycles. The fraction of sp³-hybridized carbons (Fsp3) is 0.417. The zero-order chi connectivity index (χ0) is 22.3. The molecule has 4 rings (SSSR count). The van der Waals surface area contributed by atoms with Gasteiger partial charge < -0.3 is 19.5 Å². The van der Waals surface area contributed by atoms with Gasteiger partial charge in [0, 0.05) is 51.0 Å². The van der Waals surface area contributed by atoms with Gasteiger partial charge in [-0.05, 0) is 38.3 Å². The first-order valence-corrected chi connectivity index (χ1v) is 11.0. The molecule has 1 N–H and O–H groups in total. The van der Waals surface area contributed by atoms with E-state index in [9.17, 15) is 4.79 Å². The van der Waals surface area contributed by atoms with Crippen LogP contribution in [0.2, 0.25) is 0 Å². The zero-order valence-corrected chi connectivity index (χ0v) is 18.6. The van der Waals surface area contributed by atoms with Crippen LogP contribution in [0, 0.1) is 12.8 Å². The summed E-state index contributed by atoms with van der Waals surface area (Å²) in [6.45, 7) is 4.85. The number of rotatable bonds is 8. The number of anilines is 1. The lowest BCUT2D eigenvalue weighted by Crippen LogP contribution is -2.41. The summed E-state index contributed by atoms with van der Waals surface area (Å²) < 4.78 is 10.6. The Hall–Kier alpha value is -3.26. The number of carbonyl (C=O) groups is 1. The van der Waals surface area contributed by atoms with Gasteiger partial charge in [-0.25, -0.2) is 4.98 Å². The van der Waals surface area contributed by atoms with Crippen molar-refractivity contribution in [2.24, 2.45) is 5.92 Å². The Morgan fingerprint density at radius 2 is 2.00 bits per heavy atom. The first-order valence-electron chi connectivity index (χ1n) is 11.0. The van der Waals surface area contributed by atoms with Gasteiger partial charge in [0.15, 0.2) is 0 Å². The minimum Gasteiger partial charge on any atom is -0.385 e. The van der Waals surface area contributed by atoms with Gasteiger partial charge in [-0.2, -0.15) is 4.98 Å². The van der Waals surface area contributed by atoms with E-state index in [1.807, 2.05) is 43.3 Å². The van der Waals surface area contributed by atoms with Crippen LogP contribution in [0.5, 0.6) is 0 Å². The summed E-state index contributed by atoms with van der Waals surface area (Å²) in [5, 5.41) is 7.18. The number of hydrogen-bond donors (Lipinski definition) is 1. The van der Waals surface area contributed by atoms with Crippen LogP contribution in [0.1, 0.15) is 24.8 Å².